The van der Waals surface area contributed by atoms with Gasteiger partial charge in [0.25, 0.3) is 0 Å². The van der Waals surface area contributed by atoms with Crippen molar-refractivity contribution in [3.05, 3.63) is 35.4 Å². The molecule has 0 spiro atoms. The van der Waals surface area contributed by atoms with Gasteiger partial charge in [0.2, 0.25) is 0 Å². The number of carbonyl (C=O) groups is 2. The maximum Gasteiger partial charge on any atom is 0.337 e. The number of hydrogen-bond acceptors (Lipinski definition) is 4. The number of carboxylic acid groups (broad SMARTS) is 2. The second-order valence-corrected chi connectivity index (χ2v) is 8.02. The zero-order chi connectivity index (χ0) is 19.6. The van der Waals surface area contributed by atoms with Gasteiger partial charge in [0.05, 0.1) is 11.6 Å². The lowest BCUT2D eigenvalue weighted by molar-refractivity contribution is -0.297. The third-order valence-corrected chi connectivity index (χ3v) is 3.89. The fourth-order valence-electron chi connectivity index (χ4n) is 2.51. The van der Waals surface area contributed by atoms with Crippen LogP contribution in [0.2, 0.25) is 0 Å². The number of hydroxylamine groups is 2. The molecule has 1 aromatic rings. The lowest BCUT2D eigenvalue weighted by Crippen LogP contribution is -2.52. The molecule has 140 valence electrons. The molecular formula is C19H29NO5. The molecule has 0 saturated heterocycles. The number of benzene rings is 1. The highest BCUT2D eigenvalue weighted by Crippen LogP contribution is 2.36. The lowest BCUT2D eigenvalue weighted by Gasteiger charge is -2.45. The lowest BCUT2D eigenvalue weighted by atomic mass is 9.91. The van der Waals surface area contributed by atoms with Crippen LogP contribution in [-0.2, 0) is 9.63 Å². The van der Waals surface area contributed by atoms with E-state index >= 15 is 0 Å². The van der Waals surface area contributed by atoms with Gasteiger partial charge in [-0.3, -0.25) is 4.84 Å². The van der Waals surface area contributed by atoms with Gasteiger partial charge < -0.3 is 10.2 Å². The number of rotatable bonds is 7. The number of aromatic carboxylic acids is 1. The fraction of sp³-hybridized carbons (Fsp3) is 0.579. The van der Waals surface area contributed by atoms with E-state index in [1.54, 1.807) is 29.3 Å². The van der Waals surface area contributed by atoms with E-state index in [-0.39, 0.29) is 17.5 Å². The molecule has 0 radical (unpaired) electrons. The van der Waals surface area contributed by atoms with Crippen LogP contribution >= 0.6 is 0 Å². The van der Waals surface area contributed by atoms with Gasteiger partial charge in [-0.25, -0.2) is 9.59 Å². The van der Waals surface area contributed by atoms with E-state index in [1.807, 2.05) is 34.6 Å². The van der Waals surface area contributed by atoms with Crippen molar-refractivity contribution >= 4 is 11.9 Å². The van der Waals surface area contributed by atoms with Crippen molar-refractivity contribution in [2.45, 2.75) is 65.6 Å². The van der Waals surface area contributed by atoms with Crippen LogP contribution < -0.4 is 0 Å². The largest absolute Gasteiger partial charge is 0.479 e. The molecule has 6 heteroatoms. The molecule has 0 aliphatic carbocycles. The molecule has 1 aromatic carbocycles. The summed E-state index contributed by atoms with van der Waals surface area (Å²) in [5.41, 5.74) is -0.773. The topological polar surface area (TPSA) is 87.1 Å². The van der Waals surface area contributed by atoms with E-state index in [2.05, 4.69) is 0 Å². The molecule has 0 aliphatic heterocycles. The minimum Gasteiger partial charge on any atom is -0.479 e. The number of carboxylic acids is 2. The monoisotopic (exact) mass is 351 g/mol. The van der Waals surface area contributed by atoms with Gasteiger partial charge in [-0.15, -0.1) is 0 Å². The highest BCUT2D eigenvalue weighted by Gasteiger charge is 2.40. The van der Waals surface area contributed by atoms with Crippen molar-refractivity contribution < 1.29 is 24.6 Å². The van der Waals surface area contributed by atoms with E-state index in [1.165, 1.54) is 13.8 Å². The first-order valence-electron chi connectivity index (χ1n) is 8.32. The fourth-order valence-corrected chi connectivity index (χ4v) is 2.51. The molecule has 0 aliphatic rings. The van der Waals surface area contributed by atoms with Crippen molar-refractivity contribution in [1.29, 1.82) is 0 Å². The summed E-state index contributed by atoms with van der Waals surface area (Å²) in [5, 5.41) is 20.2. The quantitative estimate of drug-likeness (QED) is 0.723. The summed E-state index contributed by atoms with van der Waals surface area (Å²) in [7, 11) is 0. The molecule has 2 N–H and O–H groups in total. The van der Waals surface area contributed by atoms with Crippen LogP contribution in [0.15, 0.2) is 24.3 Å². The Morgan fingerprint density at radius 2 is 1.48 bits per heavy atom. The van der Waals surface area contributed by atoms with E-state index in [0.717, 1.165) is 5.56 Å². The Morgan fingerprint density at radius 1 is 1.00 bits per heavy atom. The summed E-state index contributed by atoms with van der Waals surface area (Å²) >= 11 is 0. The molecule has 0 amide bonds. The average Bonchev–Trinajstić information content (AvgIpc) is 2.45. The number of aliphatic carboxylic acids is 1. The Kier molecular flexibility index (Phi) is 6.37. The molecule has 0 heterocycles. The van der Waals surface area contributed by atoms with Crippen LogP contribution in [0.3, 0.4) is 0 Å². The minimum atomic E-state index is -1.39. The standard InChI is InChI=1S/C19H29NO5/c1-12(2)15(13-8-10-14(11-9-13)16(21)22)20(18(3,4)5)25-19(6,7)17(23)24/h8-12,15H,1-7H3,(H,21,22)(H,23,24). The molecule has 25 heavy (non-hydrogen) atoms. The molecule has 0 bridgehead atoms. The van der Waals surface area contributed by atoms with Crippen molar-refractivity contribution in [3.8, 4) is 0 Å². The predicted molar refractivity (Wildman–Crippen MR) is 95.4 cm³/mol. The van der Waals surface area contributed by atoms with Crippen molar-refractivity contribution in [3.63, 3.8) is 0 Å². The van der Waals surface area contributed by atoms with E-state index in [0.29, 0.717) is 0 Å². The maximum atomic E-state index is 11.5. The van der Waals surface area contributed by atoms with E-state index < -0.39 is 23.1 Å². The Balaban J connectivity index is 3.34. The van der Waals surface area contributed by atoms with Gasteiger partial charge in [-0.2, -0.15) is 5.06 Å². The highest BCUT2D eigenvalue weighted by molar-refractivity contribution is 5.87. The number of nitrogens with zero attached hydrogens (tertiary/aromatic N) is 1. The van der Waals surface area contributed by atoms with Gasteiger partial charge in [0, 0.05) is 5.54 Å². The third-order valence-electron chi connectivity index (χ3n) is 3.89. The van der Waals surface area contributed by atoms with E-state index in [9.17, 15) is 14.7 Å². The highest BCUT2D eigenvalue weighted by atomic mass is 16.7. The Hall–Kier alpha value is -1.92. The maximum absolute atomic E-state index is 11.5. The molecule has 0 fully saturated rings. The Bertz CT molecular complexity index is 614. The summed E-state index contributed by atoms with van der Waals surface area (Å²) in [6.07, 6.45) is 0. The minimum absolute atomic E-state index is 0.111. The van der Waals surface area contributed by atoms with Gasteiger partial charge in [0.15, 0.2) is 5.60 Å². The molecular weight excluding hydrogens is 322 g/mol. The van der Waals surface area contributed by atoms with Crippen LogP contribution in [0.4, 0.5) is 0 Å². The van der Waals surface area contributed by atoms with Crippen molar-refractivity contribution in [2.75, 3.05) is 0 Å². The zero-order valence-electron chi connectivity index (χ0n) is 16.0. The first kappa shape index (κ1) is 21.1. The Morgan fingerprint density at radius 3 is 1.80 bits per heavy atom. The summed E-state index contributed by atoms with van der Waals surface area (Å²) in [6.45, 7) is 12.9. The van der Waals surface area contributed by atoms with Crippen molar-refractivity contribution in [2.24, 2.45) is 5.92 Å². The molecule has 1 unspecified atom stereocenters. The molecule has 1 atom stereocenters. The van der Waals surface area contributed by atoms with Crippen LogP contribution in [0.5, 0.6) is 0 Å². The molecule has 1 rings (SSSR count). The average molecular weight is 351 g/mol. The van der Waals surface area contributed by atoms with Crippen LogP contribution in [0.25, 0.3) is 0 Å². The Labute approximate surface area is 149 Å². The SMILES string of the molecule is CC(C)C(c1ccc(C(=O)O)cc1)N(OC(C)(C)C(=O)O)C(C)(C)C. The third kappa shape index (κ3) is 5.28. The smallest absolute Gasteiger partial charge is 0.337 e. The molecule has 0 saturated carbocycles. The summed E-state index contributed by atoms with van der Waals surface area (Å²) in [4.78, 5) is 28.5. The first-order valence-corrected chi connectivity index (χ1v) is 8.32. The van der Waals surface area contributed by atoms with Crippen molar-refractivity contribution in [1.82, 2.24) is 5.06 Å². The number of hydrogen-bond donors (Lipinski definition) is 2. The van der Waals surface area contributed by atoms with Gasteiger partial charge in [-0.1, -0.05) is 26.0 Å². The summed E-state index contributed by atoms with van der Waals surface area (Å²) in [6, 6.07) is 6.38. The second-order valence-electron chi connectivity index (χ2n) is 8.02. The van der Waals surface area contributed by atoms with Crippen LogP contribution in [0.1, 0.15) is 70.4 Å². The predicted octanol–water partition coefficient (Wildman–Crippen LogP) is 3.98. The molecule has 0 aromatic heterocycles. The zero-order valence-corrected chi connectivity index (χ0v) is 16.0. The molecule has 6 nitrogen and oxygen atoms in total. The summed E-state index contributed by atoms with van der Waals surface area (Å²) in [5.74, 6) is -1.92. The van der Waals surface area contributed by atoms with Crippen LogP contribution in [0, 0.1) is 5.92 Å². The van der Waals surface area contributed by atoms with Crippen LogP contribution in [-0.4, -0.2) is 38.4 Å². The van der Waals surface area contributed by atoms with Gasteiger partial charge >= 0.3 is 11.9 Å². The normalized spacial score (nSPS) is 14.0. The van der Waals surface area contributed by atoms with Gasteiger partial charge in [0.1, 0.15) is 0 Å². The first-order chi connectivity index (χ1) is 11.3. The van der Waals surface area contributed by atoms with E-state index in [4.69, 9.17) is 9.94 Å². The van der Waals surface area contributed by atoms with Gasteiger partial charge in [-0.05, 0) is 58.2 Å². The second kappa shape index (κ2) is 7.54. The summed E-state index contributed by atoms with van der Waals surface area (Å²) < 4.78 is 0.